The fourth-order valence-corrected chi connectivity index (χ4v) is 7.54. The normalized spacial score (nSPS) is 13.8. The Balaban J connectivity index is 4.22. The highest BCUT2D eigenvalue weighted by Gasteiger charge is 2.27. The van der Waals surface area contributed by atoms with Crippen molar-refractivity contribution in [2.45, 2.75) is 244 Å². The second kappa shape index (κ2) is 42.8. The van der Waals surface area contributed by atoms with Crippen molar-refractivity contribution in [3.63, 3.8) is 0 Å². The molecule has 0 rings (SSSR count). The molecule has 0 radical (unpaired) electrons. The lowest BCUT2D eigenvalue weighted by Gasteiger charge is -2.20. The zero-order chi connectivity index (χ0) is 41.9. The second-order valence-electron chi connectivity index (χ2n) is 16.1. The minimum atomic E-state index is -4.62. The van der Waals surface area contributed by atoms with Crippen LogP contribution in [0.3, 0.4) is 0 Å². The van der Waals surface area contributed by atoms with Crippen LogP contribution in [0.15, 0.2) is 12.2 Å². The van der Waals surface area contributed by atoms with E-state index >= 15 is 0 Å². The van der Waals surface area contributed by atoms with Crippen LogP contribution in [0.1, 0.15) is 232 Å². The first kappa shape index (κ1) is 55.7. The van der Waals surface area contributed by atoms with Gasteiger partial charge in [-0.1, -0.05) is 193 Å². The highest BCUT2D eigenvalue weighted by Crippen LogP contribution is 2.43. The van der Waals surface area contributed by atoms with Crippen LogP contribution in [0.2, 0.25) is 0 Å². The van der Waals surface area contributed by atoms with E-state index in [0.29, 0.717) is 12.8 Å². The summed E-state index contributed by atoms with van der Waals surface area (Å²) in [5.41, 5.74) is 0. The monoisotopic (exact) mass is 833 g/mol. The molecule has 0 spiro atoms. The number of aliphatic hydroxyl groups is 2. The van der Waals surface area contributed by atoms with Gasteiger partial charge in [-0.3, -0.25) is 18.6 Å². The Labute approximate surface area is 349 Å². The lowest BCUT2D eigenvalue weighted by molar-refractivity contribution is -0.161. The Morgan fingerprint density at radius 2 is 0.860 bits per heavy atom. The van der Waals surface area contributed by atoms with Crippen molar-refractivity contribution < 1.29 is 47.8 Å². The highest BCUT2D eigenvalue weighted by molar-refractivity contribution is 7.47. The Morgan fingerprint density at radius 3 is 1.26 bits per heavy atom. The molecule has 0 amide bonds. The zero-order valence-electron chi connectivity index (χ0n) is 36.8. The quantitative estimate of drug-likeness (QED) is 0.0234. The number of phosphoric acid groups is 1. The van der Waals surface area contributed by atoms with Gasteiger partial charge >= 0.3 is 19.8 Å². The molecule has 0 aromatic rings. The first-order chi connectivity index (χ1) is 27.7. The fraction of sp³-hybridized carbons (Fsp3) is 0.913. The number of hydrogen-bond acceptors (Lipinski definition) is 9. The van der Waals surface area contributed by atoms with E-state index in [1.165, 1.54) is 148 Å². The van der Waals surface area contributed by atoms with Crippen LogP contribution in [0.25, 0.3) is 0 Å². The molecule has 11 heteroatoms. The molecule has 3 unspecified atom stereocenters. The summed E-state index contributed by atoms with van der Waals surface area (Å²) in [7, 11) is -4.62. The van der Waals surface area contributed by atoms with Gasteiger partial charge in [0.05, 0.1) is 19.8 Å². The summed E-state index contributed by atoms with van der Waals surface area (Å²) >= 11 is 0. The second-order valence-corrected chi connectivity index (χ2v) is 17.6. The summed E-state index contributed by atoms with van der Waals surface area (Å²) in [6.45, 7) is 2.42. The maximum Gasteiger partial charge on any atom is 0.472 e. The van der Waals surface area contributed by atoms with Gasteiger partial charge in [-0.2, -0.15) is 0 Å². The van der Waals surface area contributed by atoms with Gasteiger partial charge in [0.2, 0.25) is 0 Å². The Bertz CT molecular complexity index is 961. The van der Waals surface area contributed by atoms with Crippen LogP contribution in [-0.2, 0) is 32.7 Å². The standard InChI is InChI=1S/C46H89O10P/c1-3-5-7-9-11-13-15-17-19-21-22-24-26-28-30-32-34-36-38-46(50)56-44(42-55-57(51,52)54-40-43(48)39-47)41-53-45(49)37-35-33-31-29-27-25-23-20-18-16-14-12-10-8-6-4-2/h19,21,43-44,47-48H,3-18,20,22-42H2,1-2H3,(H,51,52)/b21-19-. The summed E-state index contributed by atoms with van der Waals surface area (Å²) in [4.78, 5) is 35.1. The van der Waals surface area contributed by atoms with Crippen molar-refractivity contribution in [3.05, 3.63) is 12.2 Å². The smallest absolute Gasteiger partial charge is 0.462 e. The highest BCUT2D eigenvalue weighted by atomic mass is 31.2. The van der Waals surface area contributed by atoms with E-state index in [-0.39, 0.29) is 19.4 Å². The van der Waals surface area contributed by atoms with Gasteiger partial charge in [0.1, 0.15) is 12.7 Å². The maximum absolute atomic E-state index is 12.6. The van der Waals surface area contributed by atoms with Crippen molar-refractivity contribution >= 4 is 19.8 Å². The van der Waals surface area contributed by atoms with Gasteiger partial charge in [0.25, 0.3) is 0 Å². The van der Waals surface area contributed by atoms with Crippen molar-refractivity contribution in [1.82, 2.24) is 0 Å². The lowest BCUT2D eigenvalue weighted by Crippen LogP contribution is -2.29. The number of hydrogen-bond donors (Lipinski definition) is 3. The number of esters is 2. The number of carbonyl (C=O) groups excluding carboxylic acids is 2. The average Bonchev–Trinajstić information content (AvgIpc) is 3.20. The van der Waals surface area contributed by atoms with Gasteiger partial charge in [-0.05, 0) is 38.5 Å². The van der Waals surface area contributed by atoms with Gasteiger partial charge in [0.15, 0.2) is 6.10 Å². The molecule has 0 bridgehead atoms. The fourth-order valence-electron chi connectivity index (χ4n) is 6.75. The zero-order valence-corrected chi connectivity index (χ0v) is 37.7. The van der Waals surface area contributed by atoms with Gasteiger partial charge in [-0.25, -0.2) is 4.57 Å². The molecule has 0 aromatic carbocycles. The third-order valence-electron chi connectivity index (χ3n) is 10.4. The van der Waals surface area contributed by atoms with E-state index in [9.17, 15) is 24.2 Å². The number of unbranched alkanes of at least 4 members (excludes halogenated alkanes) is 29. The Morgan fingerprint density at radius 1 is 0.509 bits per heavy atom. The summed E-state index contributed by atoms with van der Waals surface area (Å²) in [5, 5.41) is 18.4. The largest absolute Gasteiger partial charge is 0.472 e. The number of phosphoric ester groups is 1. The molecule has 3 atom stereocenters. The molecular formula is C46H89O10P. The average molecular weight is 833 g/mol. The number of rotatable bonds is 45. The molecule has 3 N–H and O–H groups in total. The SMILES string of the molecule is CCCCCCCCC/C=C\CCCCCCCCCC(=O)OC(COC(=O)CCCCCCCCCCCCCCCCCC)COP(=O)(O)OCC(O)CO. The van der Waals surface area contributed by atoms with Crippen LogP contribution < -0.4 is 0 Å². The molecule has 0 aliphatic heterocycles. The molecule has 338 valence electrons. The minimum Gasteiger partial charge on any atom is -0.462 e. The summed E-state index contributed by atoms with van der Waals surface area (Å²) in [6.07, 6.45) is 41.7. The summed E-state index contributed by atoms with van der Waals surface area (Å²) in [5.74, 6) is -0.916. The van der Waals surface area contributed by atoms with Crippen LogP contribution in [0.5, 0.6) is 0 Å². The predicted molar refractivity (Wildman–Crippen MR) is 233 cm³/mol. The van der Waals surface area contributed by atoms with Gasteiger partial charge in [-0.15, -0.1) is 0 Å². The topological polar surface area (TPSA) is 149 Å². The number of aliphatic hydroxyl groups excluding tert-OH is 2. The third kappa shape index (κ3) is 42.6. The minimum absolute atomic E-state index is 0.184. The molecule has 0 saturated carbocycles. The Hall–Kier alpha value is -1.29. The van der Waals surface area contributed by atoms with Crippen LogP contribution >= 0.6 is 7.82 Å². The molecule has 0 fully saturated rings. The van der Waals surface area contributed by atoms with E-state index in [1.807, 2.05) is 0 Å². The number of ether oxygens (including phenoxy) is 2. The Kier molecular flexibility index (Phi) is 41.9. The number of carbonyl (C=O) groups is 2. The lowest BCUT2D eigenvalue weighted by atomic mass is 10.0. The molecule has 0 heterocycles. The molecule has 0 saturated heterocycles. The van der Waals surface area contributed by atoms with E-state index in [0.717, 1.165) is 44.9 Å². The molecule has 0 aliphatic carbocycles. The van der Waals surface area contributed by atoms with Crippen molar-refractivity contribution in [1.29, 1.82) is 0 Å². The van der Waals surface area contributed by atoms with Crippen molar-refractivity contribution in [2.75, 3.05) is 26.4 Å². The van der Waals surface area contributed by atoms with Gasteiger partial charge < -0.3 is 24.6 Å². The van der Waals surface area contributed by atoms with E-state index in [1.54, 1.807) is 0 Å². The van der Waals surface area contributed by atoms with Crippen molar-refractivity contribution in [3.8, 4) is 0 Å². The molecule has 0 aliphatic rings. The molecule has 10 nitrogen and oxygen atoms in total. The van der Waals surface area contributed by atoms with E-state index in [4.69, 9.17) is 23.6 Å². The van der Waals surface area contributed by atoms with E-state index < -0.39 is 51.8 Å². The molecule has 57 heavy (non-hydrogen) atoms. The predicted octanol–water partition coefficient (Wildman–Crippen LogP) is 12.8. The van der Waals surface area contributed by atoms with Gasteiger partial charge in [0, 0.05) is 12.8 Å². The molecule has 0 aromatic heterocycles. The van der Waals surface area contributed by atoms with Crippen molar-refractivity contribution in [2.24, 2.45) is 0 Å². The van der Waals surface area contributed by atoms with Crippen LogP contribution in [0, 0.1) is 0 Å². The first-order valence-corrected chi connectivity index (χ1v) is 25.1. The van der Waals surface area contributed by atoms with Crippen LogP contribution in [0.4, 0.5) is 0 Å². The first-order valence-electron chi connectivity index (χ1n) is 23.6. The summed E-state index contributed by atoms with van der Waals surface area (Å²) < 4.78 is 32.8. The summed E-state index contributed by atoms with van der Waals surface area (Å²) in [6, 6.07) is 0. The molecular weight excluding hydrogens is 743 g/mol. The number of allylic oxidation sites excluding steroid dienone is 2. The van der Waals surface area contributed by atoms with E-state index in [2.05, 4.69) is 26.0 Å². The maximum atomic E-state index is 12.6. The van der Waals surface area contributed by atoms with Crippen LogP contribution in [-0.4, -0.2) is 65.7 Å². The third-order valence-corrected chi connectivity index (χ3v) is 11.4.